The molecule has 1 amide bonds. The summed E-state index contributed by atoms with van der Waals surface area (Å²) in [5, 5.41) is 6.40. The van der Waals surface area contributed by atoms with E-state index in [-0.39, 0.29) is 11.9 Å². The first-order valence-corrected chi connectivity index (χ1v) is 12.5. The van der Waals surface area contributed by atoms with Crippen LogP contribution in [-0.2, 0) is 13.1 Å². The molecule has 0 spiro atoms. The van der Waals surface area contributed by atoms with Gasteiger partial charge >= 0.3 is 0 Å². The summed E-state index contributed by atoms with van der Waals surface area (Å²) in [4.78, 5) is 23.0. The Morgan fingerprint density at radius 3 is 2.57 bits per heavy atom. The minimum atomic E-state index is -0.0753. The summed E-state index contributed by atoms with van der Waals surface area (Å²) in [6.45, 7) is 9.89. The summed E-state index contributed by atoms with van der Waals surface area (Å²) in [6, 6.07) is 20.8. The number of amides is 1. The van der Waals surface area contributed by atoms with Gasteiger partial charge in [0.2, 0.25) is 0 Å². The number of fused-ring (bicyclic) bond motifs is 1. The van der Waals surface area contributed by atoms with Gasteiger partial charge in [-0.05, 0) is 58.1 Å². The molecule has 0 fully saturated rings. The average Bonchev–Trinajstić information content (AvgIpc) is 2.83. The molecule has 35 heavy (non-hydrogen) atoms. The van der Waals surface area contributed by atoms with Crippen molar-refractivity contribution < 1.29 is 4.79 Å². The lowest BCUT2D eigenvalue weighted by atomic mass is 9.96. The maximum atomic E-state index is 13.4. The maximum Gasteiger partial charge on any atom is 0.252 e. The highest BCUT2D eigenvalue weighted by Gasteiger charge is 2.32. The van der Waals surface area contributed by atoms with Crippen LogP contribution in [0.1, 0.15) is 53.9 Å². The van der Waals surface area contributed by atoms with E-state index >= 15 is 0 Å². The fourth-order valence-electron chi connectivity index (χ4n) is 4.51. The van der Waals surface area contributed by atoms with Crippen molar-refractivity contribution in [3.63, 3.8) is 0 Å². The molecule has 6 nitrogen and oxygen atoms in total. The van der Waals surface area contributed by atoms with Crippen LogP contribution in [0, 0.1) is 0 Å². The maximum absolute atomic E-state index is 13.4. The number of rotatable bonds is 10. The van der Waals surface area contributed by atoms with Gasteiger partial charge in [-0.15, -0.1) is 0 Å². The van der Waals surface area contributed by atoms with Gasteiger partial charge in [-0.1, -0.05) is 48.5 Å². The molecule has 2 N–H and O–H groups in total. The number of hydrogen-bond acceptors (Lipinski definition) is 5. The Morgan fingerprint density at radius 1 is 1.09 bits per heavy atom. The van der Waals surface area contributed by atoms with Gasteiger partial charge in [-0.2, -0.15) is 0 Å². The Labute approximate surface area is 209 Å². The number of aromatic nitrogens is 1. The first kappa shape index (κ1) is 24.9. The Bertz CT molecular complexity index is 1160. The van der Waals surface area contributed by atoms with Crippen molar-refractivity contribution in [1.29, 1.82) is 0 Å². The molecular formula is C29H37N5O. The third-order valence-electron chi connectivity index (χ3n) is 6.64. The number of nitrogens with one attached hydrogen (secondary N) is 2. The lowest BCUT2D eigenvalue weighted by Gasteiger charge is -2.39. The normalized spacial score (nSPS) is 13.5. The van der Waals surface area contributed by atoms with E-state index in [1.54, 1.807) is 0 Å². The number of carbonyl (C=O) groups excluding carboxylic acids is 1. The third-order valence-corrected chi connectivity index (χ3v) is 6.64. The van der Waals surface area contributed by atoms with E-state index in [9.17, 15) is 4.79 Å². The van der Waals surface area contributed by atoms with Crippen LogP contribution in [0.5, 0.6) is 0 Å². The van der Waals surface area contributed by atoms with Crippen LogP contribution in [0.3, 0.4) is 0 Å². The number of pyridine rings is 1. The molecule has 2 aromatic carbocycles. The van der Waals surface area contributed by atoms with E-state index in [1.807, 2.05) is 50.4 Å². The second-order valence-electron chi connectivity index (χ2n) is 9.73. The monoisotopic (exact) mass is 471 g/mol. The van der Waals surface area contributed by atoms with Crippen LogP contribution >= 0.6 is 0 Å². The summed E-state index contributed by atoms with van der Waals surface area (Å²) in [7, 11) is 4.10. The third kappa shape index (κ3) is 5.72. The zero-order chi connectivity index (χ0) is 24.9. The molecule has 1 aliphatic heterocycles. The minimum Gasteiger partial charge on any atom is -0.349 e. The van der Waals surface area contributed by atoms with Gasteiger partial charge in [0.25, 0.3) is 5.91 Å². The number of anilines is 1. The van der Waals surface area contributed by atoms with E-state index < -0.39 is 0 Å². The summed E-state index contributed by atoms with van der Waals surface area (Å²) in [5.74, 6) is 0.874. The Hall–Kier alpha value is -3.22. The van der Waals surface area contributed by atoms with E-state index in [4.69, 9.17) is 4.98 Å². The Kier molecular flexibility index (Phi) is 7.83. The molecular weight excluding hydrogens is 434 g/mol. The second kappa shape index (κ2) is 11.0. The molecule has 2 heterocycles. The van der Waals surface area contributed by atoms with E-state index in [0.29, 0.717) is 6.04 Å². The van der Waals surface area contributed by atoms with Crippen LogP contribution in [-0.4, -0.2) is 49.0 Å². The van der Waals surface area contributed by atoms with Crippen LogP contribution in [0.15, 0.2) is 60.7 Å². The van der Waals surface area contributed by atoms with Gasteiger partial charge in [-0.3, -0.25) is 4.79 Å². The van der Waals surface area contributed by atoms with Gasteiger partial charge < -0.3 is 20.4 Å². The van der Waals surface area contributed by atoms with E-state index in [1.165, 1.54) is 5.56 Å². The van der Waals surface area contributed by atoms with E-state index in [2.05, 4.69) is 65.6 Å². The van der Waals surface area contributed by atoms with Crippen LogP contribution in [0.4, 0.5) is 5.82 Å². The topological polar surface area (TPSA) is 60.5 Å². The van der Waals surface area contributed by atoms with Crippen molar-refractivity contribution in [2.45, 2.75) is 45.9 Å². The second-order valence-corrected chi connectivity index (χ2v) is 9.73. The van der Waals surface area contributed by atoms with Gasteiger partial charge in [0.05, 0.1) is 17.3 Å². The van der Waals surface area contributed by atoms with Crippen molar-refractivity contribution >= 4 is 11.7 Å². The van der Waals surface area contributed by atoms with Gasteiger partial charge in [0.1, 0.15) is 5.82 Å². The Morgan fingerprint density at radius 2 is 1.86 bits per heavy atom. The molecule has 1 aliphatic rings. The van der Waals surface area contributed by atoms with Crippen LogP contribution in [0.25, 0.3) is 11.3 Å². The van der Waals surface area contributed by atoms with Crippen LogP contribution < -0.4 is 15.5 Å². The number of hydrogen-bond donors (Lipinski definition) is 2. The largest absolute Gasteiger partial charge is 0.349 e. The quantitative estimate of drug-likeness (QED) is 0.452. The predicted molar refractivity (Wildman–Crippen MR) is 144 cm³/mol. The number of carbonyl (C=O) groups is 1. The molecule has 0 radical (unpaired) electrons. The molecule has 4 rings (SSSR count). The molecule has 0 unspecified atom stereocenters. The first-order chi connectivity index (χ1) is 16.9. The molecule has 6 heteroatoms. The zero-order valence-electron chi connectivity index (χ0n) is 21.5. The highest BCUT2D eigenvalue weighted by atomic mass is 16.1. The van der Waals surface area contributed by atoms with Gasteiger partial charge in [0, 0.05) is 43.3 Å². The van der Waals surface area contributed by atoms with E-state index in [0.717, 1.165) is 59.9 Å². The standard InChI is InChI=1S/C29H37N5O/c1-20(2)34-19-26-25(29(35)31-21(3)23-11-7-6-8-12-23)17-27(32-28(26)34)24-13-9-10-22(16-24)18-33(5)15-14-30-4/h6-13,16-17,20-21,30H,14-15,18-19H2,1-5H3,(H,31,35)/t21-/m0/s1. The smallest absolute Gasteiger partial charge is 0.252 e. The van der Waals surface area contributed by atoms with Gasteiger partial charge in [0.15, 0.2) is 0 Å². The summed E-state index contributed by atoms with van der Waals surface area (Å²) in [6.07, 6.45) is 0. The van der Waals surface area contributed by atoms with Crippen molar-refractivity contribution in [2.24, 2.45) is 0 Å². The predicted octanol–water partition coefficient (Wildman–Crippen LogP) is 4.62. The molecule has 0 saturated carbocycles. The SMILES string of the molecule is CNCCN(C)Cc1cccc(-c2cc(C(=O)N[C@@H](C)c3ccccc3)c3c(n2)N(C(C)C)C3)c1. The highest BCUT2D eigenvalue weighted by molar-refractivity contribution is 5.99. The lowest BCUT2D eigenvalue weighted by Crippen LogP contribution is -2.41. The lowest BCUT2D eigenvalue weighted by molar-refractivity contribution is 0.0938. The summed E-state index contributed by atoms with van der Waals surface area (Å²) < 4.78 is 0. The van der Waals surface area contributed by atoms with Crippen molar-refractivity contribution in [3.8, 4) is 11.3 Å². The molecule has 1 aromatic heterocycles. The minimum absolute atomic E-state index is 0.0485. The fraction of sp³-hybridized carbons (Fsp3) is 0.379. The average molecular weight is 472 g/mol. The molecule has 3 aromatic rings. The summed E-state index contributed by atoms with van der Waals surface area (Å²) in [5.41, 5.74) is 5.95. The van der Waals surface area contributed by atoms with Gasteiger partial charge in [-0.25, -0.2) is 4.98 Å². The molecule has 184 valence electrons. The van der Waals surface area contributed by atoms with Crippen molar-refractivity contribution in [2.75, 3.05) is 32.1 Å². The Balaban J connectivity index is 1.63. The highest BCUT2D eigenvalue weighted by Crippen LogP contribution is 2.38. The molecule has 0 bridgehead atoms. The van der Waals surface area contributed by atoms with Crippen molar-refractivity contribution in [3.05, 3.63) is 82.9 Å². The number of benzene rings is 2. The number of nitrogens with zero attached hydrogens (tertiary/aromatic N) is 3. The molecule has 1 atom stereocenters. The number of likely N-dealkylation sites (N-methyl/N-ethyl adjacent to an activating group) is 2. The zero-order valence-corrected chi connectivity index (χ0v) is 21.5. The first-order valence-electron chi connectivity index (χ1n) is 12.5. The van der Waals surface area contributed by atoms with Crippen LogP contribution in [0.2, 0.25) is 0 Å². The molecule has 0 aliphatic carbocycles. The van der Waals surface area contributed by atoms with Crippen molar-refractivity contribution in [1.82, 2.24) is 20.5 Å². The molecule has 0 saturated heterocycles. The fourth-order valence-corrected chi connectivity index (χ4v) is 4.51. The summed E-state index contributed by atoms with van der Waals surface area (Å²) >= 11 is 0.